The second-order valence-corrected chi connectivity index (χ2v) is 6.73. The molecule has 1 atom stereocenters. The van der Waals surface area contributed by atoms with Gasteiger partial charge in [0, 0.05) is 23.3 Å². The molecule has 5 rings (SSSR count). The number of rotatable bonds is 3. The molecule has 2 aliphatic rings. The summed E-state index contributed by atoms with van der Waals surface area (Å²) in [6.07, 6.45) is 1.89. The molecule has 0 saturated heterocycles. The Bertz CT molecular complexity index is 1110. The summed E-state index contributed by atoms with van der Waals surface area (Å²) >= 11 is 0. The molecule has 1 aromatic heterocycles. The van der Waals surface area contributed by atoms with E-state index in [4.69, 9.17) is 19.0 Å². The van der Waals surface area contributed by atoms with Crippen molar-refractivity contribution in [3.05, 3.63) is 69.6 Å². The molecule has 0 aliphatic carbocycles. The lowest BCUT2D eigenvalue weighted by Crippen LogP contribution is -2.29. The lowest BCUT2D eigenvalue weighted by Gasteiger charge is -2.20. The number of non-ortho nitro benzene ring substituents is 1. The van der Waals surface area contributed by atoms with Gasteiger partial charge in [0.05, 0.1) is 16.7 Å². The highest BCUT2D eigenvalue weighted by Gasteiger charge is 2.29. The van der Waals surface area contributed by atoms with Crippen LogP contribution in [0, 0.1) is 10.1 Å². The van der Waals surface area contributed by atoms with E-state index in [-0.39, 0.29) is 24.5 Å². The van der Waals surface area contributed by atoms with Gasteiger partial charge in [-0.05, 0) is 43.2 Å². The van der Waals surface area contributed by atoms with Crippen LogP contribution in [0.25, 0.3) is 0 Å². The summed E-state index contributed by atoms with van der Waals surface area (Å²) in [6, 6.07) is 10.3. The number of nitro benzene ring substituents is 1. The number of anilines is 1. The third-order valence-electron chi connectivity index (χ3n) is 4.89. The van der Waals surface area contributed by atoms with Crippen LogP contribution in [0.5, 0.6) is 11.5 Å². The van der Waals surface area contributed by atoms with Gasteiger partial charge in [0.2, 0.25) is 13.2 Å². The molecule has 0 spiro atoms. The molecule has 146 valence electrons. The summed E-state index contributed by atoms with van der Waals surface area (Å²) in [7, 11) is 0. The Balaban J connectivity index is 1.69. The van der Waals surface area contributed by atoms with Crippen molar-refractivity contribution in [3.63, 3.8) is 0 Å². The third kappa shape index (κ3) is 2.94. The minimum atomic E-state index is -0.433. The van der Waals surface area contributed by atoms with Crippen LogP contribution in [0.2, 0.25) is 0 Å². The van der Waals surface area contributed by atoms with Crippen LogP contribution in [-0.4, -0.2) is 33.7 Å². The van der Waals surface area contributed by atoms with Crippen molar-refractivity contribution >= 4 is 17.4 Å². The van der Waals surface area contributed by atoms with Gasteiger partial charge in [0.25, 0.3) is 5.69 Å². The Labute approximate surface area is 164 Å². The van der Waals surface area contributed by atoms with Crippen molar-refractivity contribution in [2.45, 2.75) is 19.4 Å². The second kappa shape index (κ2) is 6.59. The number of hydrogen-bond acceptors (Lipinski definition) is 9. The van der Waals surface area contributed by atoms with Crippen molar-refractivity contribution in [1.82, 2.24) is 10.2 Å². The first-order chi connectivity index (χ1) is 14.1. The number of nitrogens with zero attached hydrogens (tertiary/aromatic N) is 5. The summed E-state index contributed by atoms with van der Waals surface area (Å²) in [5.41, 5.74) is 3.22. The molecule has 0 unspecified atom stereocenters. The van der Waals surface area contributed by atoms with E-state index in [1.165, 1.54) is 18.5 Å². The summed E-state index contributed by atoms with van der Waals surface area (Å²) in [5.74, 6) is 1.32. The quantitative estimate of drug-likeness (QED) is 0.493. The van der Waals surface area contributed by atoms with E-state index >= 15 is 0 Å². The summed E-state index contributed by atoms with van der Waals surface area (Å²) in [4.78, 5) is 10.6. The number of benzene rings is 2. The van der Waals surface area contributed by atoms with Crippen LogP contribution in [0.3, 0.4) is 0 Å². The highest BCUT2D eigenvalue weighted by atomic mass is 16.7. The maximum atomic E-state index is 11.0. The van der Waals surface area contributed by atoms with Gasteiger partial charge in [-0.1, -0.05) is 5.10 Å². The number of hydrazone groups is 1. The minimum absolute atomic E-state index is 0.0102. The number of fused-ring (bicyclic) bond motifs is 2. The van der Waals surface area contributed by atoms with Crippen LogP contribution >= 0.6 is 0 Å². The molecule has 0 amide bonds. The Kier molecular flexibility index (Phi) is 3.90. The van der Waals surface area contributed by atoms with Crippen LogP contribution in [0.15, 0.2) is 52.3 Å². The Morgan fingerprint density at radius 1 is 1.17 bits per heavy atom. The van der Waals surface area contributed by atoms with Crippen LogP contribution in [-0.2, 0) is 6.42 Å². The number of aromatic nitrogens is 2. The zero-order chi connectivity index (χ0) is 20.0. The first-order valence-corrected chi connectivity index (χ1v) is 8.92. The lowest BCUT2D eigenvalue weighted by molar-refractivity contribution is -0.384. The normalized spacial score (nSPS) is 17.5. The zero-order valence-electron chi connectivity index (χ0n) is 15.3. The molecule has 0 bridgehead atoms. The second-order valence-electron chi connectivity index (χ2n) is 6.73. The minimum Gasteiger partial charge on any atom is -0.454 e. The van der Waals surface area contributed by atoms with Crippen molar-refractivity contribution in [2.75, 3.05) is 11.8 Å². The molecule has 0 radical (unpaired) electrons. The zero-order valence-corrected chi connectivity index (χ0v) is 15.3. The number of nitro groups is 1. The maximum absolute atomic E-state index is 11.0. The first kappa shape index (κ1) is 17.2. The van der Waals surface area contributed by atoms with Crippen molar-refractivity contribution < 1.29 is 18.8 Å². The van der Waals surface area contributed by atoms with Gasteiger partial charge in [-0.3, -0.25) is 10.1 Å². The van der Waals surface area contributed by atoms with Crippen LogP contribution < -0.4 is 14.5 Å². The van der Waals surface area contributed by atoms with E-state index in [0.29, 0.717) is 29.2 Å². The van der Waals surface area contributed by atoms with Crippen molar-refractivity contribution in [3.8, 4) is 11.5 Å². The Morgan fingerprint density at radius 3 is 2.62 bits per heavy atom. The highest BCUT2D eigenvalue weighted by molar-refractivity contribution is 6.14. The molecular weight excluding hydrogens is 378 g/mol. The largest absolute Gasteiger partial charge is 0.454 e. The molecule has 0 fully saturated rings. The maximum Gasteiger partial charge on any atom is 0.339 e. The summed E-state index contributed by atoms with van der Waals surface area (Å²) in [5, 5.41) is 25.2. The molecule has 0 saturated carbocycles. The molecule has 2 aromatic carbocycles. The van der Waals surface area contributed by atoms with Gasteiger partial charge in [0.15, 0.2) is 11.5 Å². The fraction of sp³-hybridized carbons (Fsp3) is 0.211. The number of hydrogen-bond donors (Lipinski definition) is 0. The molecule has 2 aliphatic heterocycles. The van der Waals surface area contributed by atoms with Gasteiger partial charge >= 0.3 is 6.01 Å². The highest BCUT2D eigenvalue weighted by Crippen LogP contribution is 2.38. The van der Waals surface area contributed by atoms with Gasteiger partial charge in [0.1, 0.15) is 0 Å². The molecule has 10 nitrogen and oxygen atoms in total. The Morgan fingerprint density at radius 2 is 1.93 bits per heavy atom. The molecule has 29 heavy (non-hydrogen) atoms. The smallest absolute Gasteiger partial charge is 0.339 e. The fourth-order valence-electron chi connectivity index (χ4n) is 3.49. The van der Waals surface area contributed by atoms with Gasteiger partial charge in [-0.2, -0.15) is 5.10 Å². The van der Waals surface area contributed by atoms with Crippen molar-refractivity contribution in [2.24, 2.45) is 5.10 Å². The van der Waals surface area contributed by atoms with E-state index in [9.17, 15) is 10.1 Å². The Hall–Kier alpha value is -3.95. The molecular formula is C19H15N5O5. The fourth-order valence-corrected chi connectivity index (χ4v) is 3.49. The predicted molar refractivity (Wildman–Crippen MR) is 101 cm³/mol. The first-order valence-electron chi connectivity index (χ1n) is 8.92. The van der Waals surface area contributed by atoms with Gasteiger partial charge in [-0.15, -0.1) is 5.10 Å². The number of ether oxygens (including phenoxy) is 2. The SMILES string of the molecule is C[C@@H]1Cc2cc3c(cc2C(c2ccc([N+](=O)[O-])cc2)=NN1c1nnco1)OCO3. The van der Waals surface area contributed by atoms with Crippen molar-refractivity contribution in [1.29, 1.82) is 0 Å². The molecule has 3 heterocycles. The monoisotopic (exact) mass is 393 g/mol. The standard InChI is InChI=1S/C19H15N5O5/c1-11-6-13-7-16-17(29-10-28-16)8-15(13)18(22-23(11)19-21-20-9-27-19)12-2-4-14(5-3-12)24(25)26/h2-5,7-9,11H,6,10H2,1H3/t11-/m1/s1. The average molecular weight is 393 g/mol. The van der Waals surface area contributed by atoms with E-state index in [0.717, 1.165) is 11.1 Å². The van der Waals surface area contributed by atoms with Gasteiger partial charge in [-0.25, -0.2) is 5.01 Å². The summed E-state index contributed by atoms with van der Waals surface area (Å²) in [6.45, 7) is 2.17. The van der Waals surface area contributed by atoms with Gasteiger partial charge < -0.3 is 13.9 Å². The predicted octanol–water partition coefficient (Wildman–Crippen LogP) is 2.91. The topological polar surface area (TPSA) is 116 Å². The van der Waals surface area contributed by atoms with E-state index in [2.05, 4.69) is 10.2 Å². The van der Waals surface area contributed by atoms with Crippen LogP contribution in [0.4, 0.5) is 11.7 Å². The molecule has 0 N–H and O–H groups in total. The third-order valence-corrected chi connectivity index (χ3v) is 4.89. The summed E-state index contributed by atoms with van der Waals surface area (Å²) < 4.78 is 16.4. The van der Waals surface area contributed by atoms with Crippen LogP contribution in [0.1, 0.15) is 23.6 Å². The van der Waals surface area contributed by atoms with E-state index < -0.39 is 4.92 Å². The molecule has 10 heteroatoms. The molecule has 3 aromatic rings. The lowest BCUT2D eigenvalue weighted by atomic mass is 9.94. The average Bonchev–Trinajstić information content (AvgIpc) is 3.38. The van der Waals surface area contributed by atoms with E-state index in [1.54, 1.807) is 17.1 Å². The van der Waals surface area contributed by atoms with E-state index in [1.807, 2.05) is 19.1 Å².